The molecular formula is C57H43N. The summed E-state index contributed by atoms with van der Waals surface area (Å²) in [5.41, 5.74) is 18.4. The molecule has 0 aliphatic heterocycles. The van der Waals surface area contributed by atoms with Crippen LogP contribution >= 0.6 is 0 Å². The Morgan fingerprint density at radius 1 is 0.345 bits per heavy atom. The lowest BCUT2D eigenvalue weighted by Gasteiger charge is -2.28. The van der Waals surface area contributed by atoms with E-state index < -0.39 is 0 Å². The molecule has 0 saturated heterocycles. The van der Waals surface area contributed by atoms with Crippen molar-refractivity contribution in [3.8, 4) is 44.5 Å². The number of fused-ring (bicyclic) bond motifs is 4. The van der Waals surface area contributed by atoms with Crippen LogP contribution in [0.1, 0.15) is 36.1 Å². The van der Waals surface area contributed by atoms with Gasteiger partial charge in [0, 0.05) is 22.5 Å². The van der Waals surface area contributed by atoms with Gasteiger partial charge in [0.15, 0.2) is 0 Å². The van der Waals surface area contributed by atoms with Gasteiger partial charge in [0.2, 0.25) is 0 Å². The van der Waals surface area contributed by atoms with Crippen molar-refractivity contribution in [2.24, 2.45) is 0 Å². The number of para-hydroxylation sites is 2. The number of nitrogens with zero attached hydrogens (tertiary/aromatic N) is 1. The quantitative estimate of drug-likeness (QED) is 0.140. The Hall–Kier alpha value is -7.22. The van der Waals surface area contributed by atoms with Crippen LogP contribution in [0, 0.1) is 0 Å². The van der Waals surface area contributed by atoms with E-state index in [2.05, 4.69) is 243 Å². The van der Waals surface area contributed by atoms with Gasteiger partial charge in [0.25, 0.3) is 0 Å². The van der Waals surface area contributed by atoms with Crippen molar-refractivity contribution in [1.82, 2.24) is 0 Å². The summed E-state index contributed by atoms with van der Waals surface area (Å²) in [6.07, 6.45) is 4.49. The summed E-state index contributed by atoms with van der Waals surface area (Å²) in [7, 11) is 0. The number of anilines is 3. The zero-order valence-corrected chi connectivity index (χ0v) is 32.8. The van der Waals surface area contributed by atoms with Gasteiger partial charge < -0.3 is 4.90 Å². The smallest absolute Gasteiger partial charge is 0.0465 e. The van der Waals surface area contributed by atoms with Crippen molar-refractivity contribution in [3.63, 3.8) is 0 Å². The molecule has 0 bridgehead atoms. The Bertz CT molecular complexity index is 2840. The molecule has 1 aliphatic carbocycles. The van der Waals surface area contributed by atoms with Gasteiger partial charge in [-0.3, -0.25) is 0 Å². The molecule has 0 fully saturated rings. The van der Waals surface area contributed by atoms with Crippen molar-refractivity contribution in [2.75, 3.05) is 4.90 Å². The van der Waals surface area contributed by atoms with Crippen LogP contribution in [0.4, 0.5) is 17.1 Å². The monoisotopic (exact) mass is 741 g/mol. The molecule has 0 unspecified atom stereocenters. The molecule has 276 valence electrons. The minimum atomic E-state index is -0.148. The molecule has 10 rings (SSSR count). The van der Waals surface area contributed by atoms with Gasteiger partial charge in [0.05, 0.1) is 0 Å². The minimum Gasteiger partial charge on any atom is -0.310 e. The first-order valence-electron chi connectivity index (χ1n) is 20.2. The van der Waals surface area contributed by atoms with Crippen LogP contribution in [0.3, 0.4) is 0 Å². The van der Waals surface area contributed by atoms with E-state index in [-0.39, 0.29) is 5.41 Å². The summed E-state index contributed by atoms with van der Waals surface area (Å²) in [6, 6.07) is 77.0. The number of hydrogen-bond donors (Lipinski definition) is 0. The molecule has 0 amide bonds. The fraction of sp³-hybridized carbons (Fsp3) is 0.0526. The highest BCUT2D eigenvalue weighted by molar-refractivity contribution is 6.12. The summed E-state index contributed by atoms with van der Waals surface area (Å²) in [5, 5.41) is 2.54. The molecule has 9 aromatic rings. The third-order valence-corrected chi connectivity index (χ3v) is 11.9. The fourth-order valence-electron chi connectivity index (χ4n) is 8.93. The largest absolute Gasteiger partial charge is 0.310 e. The van der Waals surface area contributed by atoms with E-state index in [9.17, 15) is 0 Å². The van der Waals surface area contributed by atoms with Gasteiger partial charge in [-0.25, -0.2) is 0 Å². The van der Waals surface area contributed by atoms with Crippen LogP contribution in [0.2, 0.25) is 0 Å². The Balaban J connectivity index is 0.950. The van der Waals surface area contributed by atoms with Gasteiger partial charge in [-0.2, -0.15) is 0 Å². The molecule has 58 heavy (non-hydrogen) atoms. The van der Waals surface area contributed by atoms with Crippen LogP contribution in [0.5, 0.6) is 0 Å². The maximum atomic E-state index is 2.40. The molecule has 0 aromatic heterocycles. The first-order chi connectivity index (χ1) is 28.5. The van der Waals surface area contributed by atoms with Crippen LogP contribution in [-0.4, -0.2) is 0 Å². The predicted molar refractivity (Wildman–Crippen MR) is 248 cm³/mol. The van der Waals surface area contributed by atoms with Gasteiger partial charge >= 0.3 is 0 Å². The van der Waals surface area contributed by atoms with Gasteiger partial charge in [-0.1, -0.05) is 202 Å². The summed E-state index contributed by atoms with van der Waals surface area (Å²) < 4.78 is 0. The Labute approximate surface area is 341 Å². The lowest BCUT2D eigenvalue weighted by molar-refractivity contribution is 0.660. The second-order valence-electron chi connectivity index (χ2n) is 15.7. The molecule has 1 aliphatic rings. The van der Waals surface area contributed by atoms with Crippen molar-refractivity contribution in [3.05, 3.63) is 235 Å². The highest BCUT2D eigenvalue weighted by atomic mass is 15.1. The van der Waals surface area contributed by atoms with E-state index >= 15 is 0 Å². The van der Waals surface area contributed by atoms with Gasteiger partial charge in [0.1, 0.15) is 0 Å². The number of benzene rings is 9. The first kappa shape index (κ1) is 35.2. The molecule has 0 atom stereocenters. The average molecular weight is 742 g/mol. The third kappa shape index (κ3) is 6.32. The highest BCUT2D eigenvalue weighted by Crippen LogP contribution is 2.51. The van der Waals surface area contributed by atoms with E-state index in [1.54, 1.807) is 0 Å². The van der Waals surface area contributed by atoms with E-state index in [1.807, 2.05) is 0 Å². The molecule has 0 N–H and O–H groups in total. The molecule has 0 heterocycles. The normalized spacial score (nSPS) is 12.7. The maximum Gasteiger partial charge on any atom is 0.0465 e. The van der Waals surface area contributed by atoms with Crippen LogP contribution in [0.15, 0.2) is 212 Å². The molecule has 0 saturated carbocycles. The maximum absolute atomic E-state index is 2.40. The summed E-state index contributed by atoms with van der Waals surface area (Å²) >= 11 is 0. The molecule has 1 heteroatoms. The Kier molecular flexibility index (Phi) is 8.92. The predicted octanol–water partition coefficient (Wildman–Crippen LogP) is 15.8. The molecule has 0 radical (unpaired) electrons. The number of hydrogen-bond acceptors (Lipinski definition) is 1. The lowest BCUT2D eigenvalue weighted by Crippen LogP contribution is -2.16. The molecule has 1 nitrogen and oxygen atoms in total. The van der Waals surface area contributed by atoms with E-state index in [1.165, 1.54) is 77.5 Å². The van der Waals surface area contributed by atoms with Crippen LogP contribution < -0.4 is 4.90 Å². The zero-order chi connectivity index (χ0) is 39.1. The van der Waals surface area contributed by atoms with E-state index in [0.717, 1.165) is 17.1 Å². The van der Waals surface area contributed by atoms with Gasteiger partial charge in [-0.15, -0.1) is 0 Å². The zero-order valence-electron chi connectivity index (χ0n) is 32.8. The summed E-state index contributed by atoms with van der Waals surface area (Å²) in [4.78, 5) is 2.35. The van der Waals surface area contributed by atoms with Crippen molar-refractivity contribution in [2.45, 2.75) is 19.3 Å². The van der Waals surface area contributed by atoms with Crippen molar-refractivity contribution >= 4 is 40.0 Å². The summed E-state index contributed by atoms with van der Waals surface area (Å²) in [5.74, 6) is 0. The van der Waals surface area contributed by atoms with Crippen molar-refractivity contribution in [1.29, 1.82) is 0 Å². The number of rotatable bonds is 8. The second kappa shape index (κ2) is 14.7. The SMILES string of the molecule is CC1(C)c2cc(/C=C/c3ccc(-c4ccc(-c5ccccc5)c5c(-c6ccccc6)cccc45)cc3)ccc2-c2ccc(N(c3ccccc3)c3ccccc3)cc21. The van der Waals surface area contributed by atoms with Crippen LogP contribution in [-0.2, 0) is 5.41 Å². The topological polar surface area (TPSA) is 3.24 Å². The summed E-state index contributed by atoms with van der Waals surface area (Å²) in [6.45, 7) is 4.73. The molecule has 0 spiro atoms. The average Bonchev–Trinajstić information content (AvgIpc) is 3.51. The fourth-order valence-corrected chi connectivity index (χ4v) is 8.93. The Morgan fingerprint density at radius 2 is 0.810 bits per heavy atom. The first-order valence-corrected chi connectivity index (χ1v) is 20.2. The van der Waals surface area contributed by atoms with E-state index in [4.69, 9.17) is 0 Å². The second-order valence-corrected chi connectivity index (χ2v) is 15.7. The third-order valence-electron chi connectivity index (χ3n) is 11.9. The van der Waals surface area contributed by atoms with Crippen molar-refractivity contribution < 1.29 is 0 Å². The minimum absolute atomic E-state index is 0.148. The Morgan fingerprint density at radius 3 is 1.43 bits per heavy atom. The van der Waals surface area contributed by atoms with E-state index in [0.29, 0.717) is 0 Å². The standard InChI is InChI=1S/C57H43N/c1-57(2)54-38-41(30-34-51(54)52-35-33-47(39-55(52)57)58(45-20-11-5-12-21-45)46-22-13-6-14-23-46)27-26-40-28-31-44(32-29-40)48-36-37-50(43-18-9-4-10-19-43)56-49(24-15-25-53(48)56)42-16-7-3-8-17-42/h3-39H,1-2H3/b27-26+. The van der Waals surface area contributed by atoms with Crippen LogP contribution in [0.25, 0.3) is 67.4 Å². The van der Waals surface area contributed by atoms with Gasteiger partial charge in [-0.05, 0) is 114 Å². The highest BCUT2D eigenvalue weighted by Gasteiger charge is 2.36. The molecular weight excluding hydrogens is 699 g/mol. The lowest BCUT2D eigenvalue weighted by atomic mass is 9.81. The molecule has 9 aromatic carbocycles.